The number of carbonyl (C=O) groups excluding carboxylic acids is 2. The Kier molecular flexibility index (Phi) is 7.30. The number of carbonyl (C=O) groups is 2. The van der Waals surface area contributed by atoms with Crippen molar-refractivity contribution in [2.45, 2.75) is 63.2 Å². The first-order chi connectivity index (χ1) is 17.6. The lowest BCUT2D eigenvalue weighted by Crippen LogP contribution is -2.17. The van der Waals surface area contributed by atoms with Gasteiger partial charge >= 0.3 is 0 Å². The summed E-state index contributed by atoms with van der Waals surface area (Å²) in [5.41, 5.74) is 4.87. The lowest BCUT2D eigenvalue weighted by atomic mass is 9.78. The molecule has 0 saturated heterocycles. The van der Waals surface area contributed by atoms with E-state index in [1.807, 2.05) is 24.3 Å². The molecule has 1 saturated carbocycles. The minimum absolute atomic E-state index is 0.0732. The Bertz CT molecular complexity index is 1170. The monoisotopic (exact) mass is 484 g/mol. The maximum Gasteiger partial charge on any atom is 0.144 e. The topological polar surface area (TPSA) is 143 Å². The molecule has 1 aliphatic rings. The lowest BCUT2D eigenvalue weighted by molar-refractivity contribution is -0.118. The van der Waals surface area contributed by atoms with Gasteiger partial charge in [-0.2, -0.15) is 20.4 Å². The molecule has 5 rings (SSSR count). The highest BCUT2D eigenvalue weighted by molar-refractivity contribution is 5.82. The summed E-state index contributed by atoms with van der Waals surface area (Å²) in [4.78, 5) is 38.3. The van der Waals surface area contributed by atoms with Crippen LogP contribution in [0.25, 0.3) is 0 Å². The van der Waals surface area contributed by atoms with Gasteiger partial charge in [0.05, 0.1) is 48.3 Å². The molecular weight excluding hydrogens is 456 g/mol. The van der Waals surface area contributed by atoms with Crippen molar-refractivity contribution >= 4 is 11.6 Å². The second-order valence-corrected chi connectivity index (χ2v) is 9.40. The summed E-state index contributed by atoms with van der Waals surface area (Å²) in [5, 5.41) is 17.6. The summed E-state index contributed by atoms with van der Waals surface area (Å²) in [6.07, 6.45) is 11.7. The Balaban J connectivity index is 1.15. The number of hydrogen-bond acceptors (Lipinski definition) is 8. The quantitative estimate of drug-likeness (QED) is 0.350. The van der Waals surface area contributed by atoms with Gasteiger partial charge in [0.25, 0.3) is 0 Å². The summed E-state index contributed by atoms with van der Waals surface area (Å²) in [7, 11) is 0. The van der Waals surface area contributed by atoms with E-state index in [2.05, 4.69) is 40.3 Å². The predicted molar refractivity (Wildman–Crippen MR) is 130 cm³/mol. The summed E-state index contributed by atoms with van der Waals surface area (Å²) in [6.45, 7) is 0. The van der Waals surface area contributed by atoms with Crippen LogP contribution in [-0.2, 0) is 35.3 Å². The third-order valence-electron chi connectivity index (χ3n) is 6.63. The van der Waals surface area contributed by atoms with Crippen LogP contribution in [0.2, 0.25) is 0 Å². The van der Waals surface area contributed by atoms with Crippen LogP contribution in [0.4, 0.5) is 0 Å². The summed E-state index contributed by atoms with van der Waals surface area (Å²) >= 11 is 0. The normalized spacial score (nSPS) is 17.7. The number of imidazole rings is 2. The molecule has 0 amide bonds. The van der Waals surface area contributed by atoms with Crippen molar-refractivity contribution in [1.82, 2.24) is 40.3 Å². The molecule has 0 radical (unpaired) electrons. The minimum Gasteiger partial charge on any atom is -0.348 e. The first-order valence-corrected chi connectivity index (χ1v) is 12.3. The molecule has 4 aromatic heterocycles. The summed E-state index contributed by atoms with van der Waals surface area (Å²) in [5.74, 6) is 0.736. The predicted octanol–water partition coefficient (Wildman–Crippen LogP) is 2.86. The molecule has 1 fully saturated rings. The van der Waals surface area contributed by atoms with Crippen molar-refractivity contribution in [3.05, 3.63) is 83.5 Å². The number of hydrogen-bond donors (Lipinski definition) is 2. The number of Topliss-reactive ketones (excluding diaryl/α,β-unsaturated/α-hetero) is 2. The fraction of sp³-hybridized carbons (Fsp3) is 0.385. The van der Waals surface area contributed by atoms with Gasteiger partial charge < -0.3 is 9.97 Å². The van der Waals surface area contributed by atoms with Crippen molar-refractivity contribution in [2.24, 2.45) is 0 Å². The van der Waals surface area contributed by atoms with Gasteiger partial charge in [-0.05, 0) is 43.5 Å². The first kappa shape index (κ1) is 23.7. The molecule has 0 bridgehead atoms. The molecule has 36 heavy (non-hydrogen) atoms. The van der Waals surface area contributed by atoms with Gasteiger partial charge in [-0.3, -0.25) is 9.59 Å². The Morgan fingerprint density at radius 1 is 0.694 bits per heavy atom. The van der Waals surface area contributed by atoms with E-state index in [-0.39, 0.29) is 24.4 Å². The molecule has 2 N–H and O–H groups in total. The van der Waals surface area contributed by atoms with E-state index in [4.69, 9.17) is 0 Å². The number of nitrogens with zero attached hydrogens (tertiary/aromatic N) is 6. The van der Waals surface area contributed by atoms with Crippen LogP contribution in [0.5, 0.6) is 0 Å². The van der Waals surface area contributed by atoms with E-state index in [0.717, 1.165) is 48.5 Å². The van der Waals surface area contributed by atoms with E-state index >= 15 is 0 Å². The highest BCUT2D eigenvalue weighted by atomic mass is 16.1. The molecule has 0 aromatic carbocycles. The summed E-state index contributed by atoms with van der Waals surface area (Å²) < 4.78 is 0. The van der Waals surface area contributed by atoms with Crippen LogP contribution >= 0.6 is 0 Å². The molecular formula is C26H28N8O2. The Morgan fingerprint density at radius 3 is 1.58 bits per heavy atom. The maximum atomic E-state index is 12.3. The Morgan fingerprint density at radius 2 is 1.19 bits per heavy atom. The average molecular weight is 485 g/mol. The standard InChI is InChI=1S/C26H28N8O2/c35-23(11-21-13-27-15-29-21)9-19-4-6-25(33-31-19)17-2-1-3-18(8-17)26-7-5-20(32-34-26)10-24(36)12-22-14-28-16-30-22/h4-7,13-18H,1-3,8-12H2,(H,27,29)(H,28,30)/t17-,18-/m0/s1. The maximum absolute atomic E-state index is 12.3. The van der Waals surface area contributed by atoms with Crippen LogP contribution < -0.4 is 0 Å². The molecule has 0 aliphatic heterocycles. The molecule has 4 aromatic rings. The molecule has 1 aliphatic carbocycles. The zero-order valence-corrected chi connectivity index (χ0v) is 19.9. The zero-order chi connectivity index (χ0) is 24.7. The molecule has 4 heterocycles. The number of aromatic amines is 2. The SMILES string of the molecule is O=C(Cc1ccc([C@H]2CCC[C@H](c3ccc(CC(=O)Cc4cnc[nH]4)nn3)C2)nn1)Cc1cnc[nH]1. The average Bonchev–Trinajstić information content (AvgIpc) is 3.59. The zero-order valence-electron chi connectivity index (χ0n) is 19.9. The molecule has 2 atom stereocenters. The van der Waals surface area contributed by atoms with Crippen LogP contribution in [-0.4, -0.2) is 51.9 Å². The lowest BCUT2D eigenvalue weighted by Gasteiger charge is -2.28. The third-order valence-corrected chi connectivity index (χ3v) is 6.63. The number of ketones is 2. The molecule has 0 spiro atoms. The summed E-state index contributed by atoms with van der Waals surface area (Å²) in [6, 6.07) is 7.81. The second kappa shape index (κ2) is 11.1. The van der Waals surface area contributed by atoms with Crippen molar-refractivity contribution < 1.29 is 9.59 Å². The van der Waals surface area contributed by atoms with Gasteiger partial charge in [-0.1, -0.05) is 6.42 Å². The Labute approximate surface area is 208 Å². The fourth-order valence-electron chi connectivity index (χ4n) is 4.81. The third kappa shape index (κ3) is 6.12. The van der Waals surface area contributed by atoms with Gasteiger partial charge in [0.2, 0.25) is 0 Å². The highest BCUT2D eigenvalue weighted by Crippen LogP contribution is 2.39. The van der Waals surface area contributed by atoms with Gasteiger partial charge in [0.1, 0.15) is 11.6 Å². The van der Waals surface area contributed by atoms with Crippen molar-refractivity contribution in [3.8, 4) is 0 Å². The number of rotatable bonds is 10. The Hall–Kier alpha value is -4.08. The molecule has 10 nitrogen and oxygen atoms in total. The largest absolute Gasteiger partial charge is 0.348 e. The first-order valence-electron chi connectivity index (χ1n) is 12.3. The smallest absolute Gasteiger partial charge is 0.144 e. The van der Waals surface area contributed by atoms with Crippen molar-refractivity contribution in [2.75, 3.05) is 0 Å². The number of nitrogens with one attached hydrogen (secondary N) is 2. The second-order valence-electron chi connectivity index (χ2n) is 9.40. The van der Waals surface area contributed by atoms with E-state index in [9.17, 15) is 9.59 Å². The molecule has 10 heteroatoms. The fourth-order valence-corrected chi connectivity index (χ4v) is 4.81. The molecule has 0 unspecified atom stereocenters. The van der Waals surface area contributed by atoms with Crippen LogP contribution in [0.3, 0.4) is 0 Å². The van der Waals surface area contributed by atoms with E-state index in [1.165, 1.54) is 0 Å². The van der Waals surface area contributed by atoms with Gasteiger partial charge in [0.15, 0.2) is 0 Å². The van der Waals surface area contributed by atoms with Crippen molar-refractivity contribution in [1.29, 1.82) is 0 Å². The van der Waals surface area contributed by atoms with E-state index < -0.39 is 0 Å². The van der Waals surface area contributed by atoms with Gasteiger partial charge in [0, 0.05) is 48.5 Å². The van der Waals surface area contributed by atoms with Crippen LogP contribution in [0, 0.1) is 0 Å². The van der Waals surface area contributed by atoms with E-state index in [0.29, 0.717) is 36.1 Å². The van der Waals surface area contributed by atoms with Crippen molar-refractivity contribution in [3.63, 3.8) is 0 Å². The van der Waals surface area contributed by atoms with Gasteiger partial charge in [-0.25, -0.2) is 9.97 Å². The van der Waals surface area contributed by atoms with Crippen LogP contribution in [0.15, 0.2) is 49.3 Å². The van der Waals surface area contributed by atoms with Gasteiger partial charge in [-0.15, -0.1) is 0 Å². The molecule has 184 valence electrons. The van der Waals surface area contributed by atoms with E-state index in [1.54, 1.807) is 25.0 Å². The highest BCUT2D eigenvalue weighted by Gasteiger charge is 2.27. The number of H-pyrrole nitrogens is 2. The number of aromatic nitrogens is 8. The minimum atomic E-state index is 0.0732. The van der Waals surface area contributed by atoms with Crippen LogP contribution in [0.1, 0.15) is 71.7 Å².